The van der Waals surface area contributed by atoms with Crippen LogP contribution in [0.1, 0.15) is 56.7 Å². The van der Waals surface area contributed by atoms with Gasteiger partial charge in [-0.2, -0.15) is 10.3 Å². The third kappa shape index (κ3) is 5.02. The highest BCUT2D eigenvalue weighted by atomic mass is 15.5. The molecule has 0 unspecified atom stereocenters. The maximum atomic E-state index is 4.80. The molecule has 0 aliphatic carbocycles. The van der Waals surface area contributed by atoms with Crippen LogP contribution in [-0.2, 0) is 19.4 Å². The zero-order chi connectivity index (χ0) is 21.5. The van der Waals surface area contributed by atoms with Crippen molar-refractivity contribution >= 4 is 0 Å². The third-order valence-corrected chi connectivity index (χ3v) is 5.27. The summed E-state index contributed by atoms with van der Waals surface area (Å²) in [6.45, 7) is 5.13. The molecule has 160 valence electrons. The lowest BCUT2D eigenvalue weighted by Crippen LogP contribution is -2.07. The minimum absolute atomic E-state index is 0.537. The number of pyridine rings is 1. The second-order valence-electron chi connectivity index (χ2n) is 7.66. The van der Waals surface area contributed by atoms with E-state index < -0.39 is 0 Å². The van der Waals surface area contributed by atoms with Gasteiger partial charge in [-0.15, -0.1) is 10.2 Å². The van der Waals surface area contributed by atoms with Crippen molar-refractivity contribution in [1.82, 2.24) is 40.4 Å². The normalized spacial score (nSPS) is 11.2. The van der Waals surface area contributed by atoms with Crippen LogP contribution >= 0.6 is 0 Å². The molecule has 3 heterocycles. The van der Waals surface area contributed by atoms with Crippen molar-refractivity contribution in [2.75, 3.05) is 0 Å². The summed E-state index contributed by atoms with van der Waals surface area (Å²) in [6, 6.07) is 10.5. The largest absolute Gasteiger partial charge is 0.264 e. The Hall–Kier alpha value is -3.42. The number of nitrogens with one attached hydrogen (secondary N) is 1. The number of tetrazole rings is 1. The van der Waals surface area contributed by atoms with Crippen LogP contribution in [-0.4, -0.2) is 40.4 Å². The van der Waals surface area contributed by atoms with Gasteiger partial charge in [0.2, 0.25) is 5.82 Å². The third-order valence-electron chi connectivity index (χ3n) is 5.27. The fraction of sp³-hybridized carbons (Fsp3) is 0.391. The number of hydrogen-bond acceptors (Lipinski definition) is 6. The lowest BCUT2D eigenvalue weighted by Gasteiger charge is -2.09. The molecule has 1 N–H and O–H groups in total. The molecule has 0 amide bonds. The maximum Gasteiger partial charge on any atom is 0.206 e. The first kappa shape index (κ1) is 20.8. The first-order valence-corrected chi connectivity index (χ1v) is 11.0. The number of aromatic amines is 1. The van der Waals surface area contributed by atoms with E-state index in [4.69, 9.17) is 10.1 Å². The Bertz CT molecular complexity index is 1080. The van der Waals surface area contributed by atoms with Crippen molar-refractivity contribution in [3.63, 3.8) is 0 Å². The van der Waals surface area contributed by atoms with Crippen LogP contribution in [0.5, 0.6) is 0 Å². The van der Waals surface area contributed by atoms with Crippen LogP contribution in [0.25, 0.3) is 22.5 Å². The van der Waals surface area contributed by atoms with E-state index in [0.717, 1.165) is 60.6 Å². The summed E-state index contributed by atoms with van der Waals surface area (Å²) in [4.78, 5) is 9.01. The van der Waals surface area contributed by atoms with Crippen molar-refractivity contribution in [2.45, 2.75) is 58.9 Å². The van der Waals surface area contributed by atoms with E-state index in [2.05, 4.69) is 68.4 Å². The molecule has 8 nitrogen and oxygen atoms in total. The molecule has 0 radical (unpaired) electrons. The zero-order valence-corrected chi connectivity index (χ0v) is 18.1. The number of H-pyrrole nitrogens is 1. The van der Waals surface area contributed by atoms with Gasteiger partial charge < -0.3 is 0 Å². The molecule has 0 atom stereocenters. The summed E-state index contributed by atoms with van der Waals surface area (Å²) in [7, 11) is 0. The van der Waals surface area contributed by atoms with E-state index in [0.29, 0.717) is 5.82 Å². The predicted octanol–water partition coefficient (Wildman–Crippen LogP) is 4.25. The summed E-state index contributed by atoms with van der Waals surface area (Å²) in [5, 5.41) is 19.2. The Morgan fingerprint density at radius 2 is 1.81 bits per heavy atom. The Morgan fingerprint density at radius 3 is 2.55 bits per heavy atom. The van der Waals surface area contributed by atoms with Crippen molar-refractivity contribution < 1.29 is 0 Å². The van der Waals surface area contributed by atoms with Crippen LogP contribution in [0.2, 0.25) is 0 Å². The maximum absolute atomic E-state index is 4.80. The van der Waals surface area contributed by atoms with Gasteiger partial charge in [0.25, 0.3) is 0 Å². The summed E-state index contributed by atoms with van der Waals surface area (Å²) >= 11 is 0. The van der Waals surface area contributed by atoms with E-state index in [-0.39, 0.29) is 0 Å². The van der Waals surface area contributed by atoms with E-state index in [1.54, 1.807) is 12.4 Å². The summed E-state index contributed by atoms with van der Waals surface area (Å²) in [5.41, 5.74) is 4.15. The van der Waals surface area contributed by atoms with Crippen LogP contribution in [0.3, 0.4) is 0 Å². The zero-order valence-electron chi connectivity index (χ0n) is 18.1. The number of nitrogens with zero attached hydrogens (tertiary/aromatic N) is 7. The number of aryl methyl sites for hydroxylation is 2. The van der Waals surface area contributed by atoms with Crippen LogP contribution in [0.15, 0.2) is 42.7 Å². The van der Waals surface area contributed by atoms with E-state index >= 15 is 0 Å². The average Bonchev–Trinajstić information content (AvgIpc) is 3.46. The molecule has 0 fully saturated rings. The molecule has 0 spiro atoms. The van der Waals surface area contributed by atoms with Gasteiger partial charge in [0.05, 0.1) is 6.54 Å². The Kier molecular flexibility index (Phi) is 6.76. The van der Waals surface area contributed by atoms with Crippen molar-refractivity contribution in [1.29, 1.82) is 0 Å². The van der Waals surface area contributed by atoms with Gasteiger partial charge in [-0.1, -0.05) is 51.0 Å². The quantitative estimate of drug-likeness (QED) is 0.388. The smallest absolute Gasteiger partial charge is 0.206 e. The molecule has 0 aliphatic rings. The monoisotopic (exact) mass is 416 g/mol. The molecule has 4 aromatic rings. The van der Waals surface area contributed by atoms with Crippen LogP contribution in [0.4, 0.5) is 0 Å². The molecule has 0 bridgehead atoms. The molecular weight excluding hydrogens is 388 g/mol. The Balaban J connectivity index is 1.53. The predicted molar refractivity (Wildman–Crippen MR) is 119 cm³/mol. The Morgan fingerprint density at radius 1 is 0.935 bits per heavy atom. The number of rotatable bonds is 10. The fourth-order valence-electron chi connectivity index (χ4n) is 3.66. The highest BCUT2D eigenvalue weighted by Crippen LogP contribution is 2.29. The SMILES string of the molecule is CCCCCc1nc(CCC)n(Cc2ccc(-c3ccncc3-c3nn[nH]n3)cc2)n1. The lowest BCUT2D eigenvalue weighted by atomic mass is 10.00. The fourth-order valence-corrected chi connectivity index (χ4v) is 3.66. The van der Waals surface area contributed by atoms with Crippen LogP contribution < -0.4 is 0 Å². The minimum atomic E-state index is 0.537. The molecule has 4 rings (SSSR count). The van der Waals surface area contributed by atoms with Gasteiger partial charge in [0.1, 0.15) is 5.82 Å². The molecule has 1 aromatic carbocycles. The summed E-state index contributed by atoms with van der Waals surface area (Å²) < 4.78 is 2.07. The molecule has 0 saturated carbocycles. The standard InChI is InChI=1S/C23H28N8/c1-3-5-6-8-21-25-22(7-4-2)31(28-21)16-17-9-11-18(12-10-17)19-13-14-24-15-20(19)23-26-29-30-27-23/h9-15H,3-8,16H2,1-2H3,(H,26,27,29,30). The van der Waals surface area contributed by atoms with Gasteiger partial charge >= 0.3 is 0 Å². The molecule has 31 heavy (non-hydrogen) atoms. The molecule has 3 aromatic heterocycles. The number of hydrogen-bond donors (Lipinski definition) is 1. The van der Waals surface area contributed by atoms with Crippen LogP contribution in [0, 0.1) is 0 Å². The van der Waals surface area contributed by atoms with E-state index in [1.165, 1.54) is 18.4 Å². The number of benzene rings is 1. The summed E-state index contributed by atoms with van der Waals surface area (Å²) in [6.07, 6.45) is 10.1. The highest BCUT2D eigenvalue weighted by molar-refractivity contribution is 5.79. The molecule has 0 aliphatic heterocycles. The van der Waals surface area contributed by atoms with E-state index in [9.17, 15) is 0 Å². The highest BCUT2D eigenvalue weighted by Gasteiger charge is 2.13. The topological polar surface area (TPSA) is 98.1 Å². The van der Waals surface area contributed by atoms with Crippen molar-refractivity contribution in [3.8, 4) is 22.5 Å². The van der Waals surface area contributed by atoms with Gasteiger partial charge in [0, 0.05) is 30.8 Å². The average molecular weight is 417 g/mol. The van der Waals surface area contributed by atoms with Gasteiger partial charge in [-0.3, -0.25) is 4.98 Å². The van der Waals surface area contributed by atoms with Gasteiger partial charge in [-0.05, 0) is 40.8 Å². The number of aromatic nitrogens is 8. The van der Waals surface area contributed by atoms with Gasteiger partial charge in [-0.25, -0.2) is 9.67 Å². The van der Waals surface area contributed by atoms with E-state index in [1.807, 2.05) is 6.07 Å². The molecular formula is C23H28N8. The van der Waals surface area contributed by atoms with Crippen molar-refractivity contribution in [3.05, 3.63) is 59.9 Å². The number of unbranched alkanes of at least 4 members (excludes halogenated alkanes) is 2. The van der Waals surface area contributed by atoms with Crippen molar-refractivity contribution in [2.24, 2.45) is 0 Å². The minimum Gasteiger partial charge on any atom is -0.264 e. The van der Waals surface area contributed by atoms with Gasteiger partial charge in [0.15, 0.2) is 5.82 Å². The Labute approximate surface area is 182 Å². The molecule has 0 saturated heterocycles. The lowest BCUT2D eigenvalue weighted by molar-refractivity contribution is 0.618. The molecule has 8 heteroatoms. The second kappa shape index (κ2) is 10.1. The summed E-state index contributed by atoms with van der Waals surface area (Å²) in [5.74, 6) is 2.58. The first-order valence-electron chi connectivity index (χ1n) is 11.0. The second-order valence-corrected chi connectivity index (χ2v) is 7.66. The first-order chi connectivity index (χ1) is 15.3.